The summed E-state index contributed by atoms with van der Waals surface area (Å²) in [6.07, 6.45) is 6.85. The van der Waals surface area contributed by atoms with Crippen molar-refractivity contribution in [3.8, 4) is 0 Å². The number of aromatic nitrogens is 2. The summed E-state index contributed by atoms with van der Waals surface area (Å²) in [5.74, 6) is -0.635. The molecule has 0 radical (unpaired) electrons. The number of hydrogen-bond acceptors (Lipinski definition) is 5. The summed E-state index contributed by atoms with van der Waals surface area (Å²) in [5, 5.41) is 9.04. The molecule has 2 aliphatic rings. The third-order valence-corrected chi connectivity index (χ3v) is 5.03. The smallest absolute Gasteiger partial charge is 0.317 e. The Kier molecular flexibility index (Phi) is 4.80. The lowest BCUT2D eigenvalue weighted by molar-refractivity contribution is -0.144. The first-order chi connectivity index (χ1) is 11.5. The molecule has 0 saturated carbocycles. The molecule has 1 aromatic heterocycles. The first-order valence-corrected chi connectivity index (χ1v) is 8.45. The highest BCUT2D eigenvalue weighted by atomic mass is 16.4. The van der Waals surface area contributed by atoms with Gasteiger partial charge in [-0.2, -0.15) is 0 Å². The zero-order chi connectivity index (χ0) is 17.2. The molecule has 1 atom stereocenters. The molecule has 1 spiro atoms. The number of likely N-dealkylation sites (tertiary alicyclic amines) is 2. The number of carboxylic acids is 1. The number of aliphatic carboxylic acids is 1. The summed E-state index contributed by atoms with van der Waals surface area (Å²) in [7, 11) is 0. The van der Waals surface area contributed by atoms with Crippen LogP contribution in [-0.4, -0.2) is 62.9 Å². The molecular formula is C17H24N4O3. The largest absolute Gasteiger partial charge is 0.480 e. The summed E-state index contributed by atoms with van der Waals surface area (Å²) in [6, 6.07) is 0. The molecule has 130 valence electrons. The maximum atomic E-state index is 12.3. The highest BCUT2D eigenvalue weighted by Crippen LogP contribution is 2.39. The van der Waals surface area contributed by atoms with Gasteiger partial charge < -0.3 is 10.0 Å². The van der Waals surface area contributed by atoms with Crippen LogP contribution in [0.4, 0.5) is 0 Å². The van der Waals surface area contributed by atoms with E-state index in [9.17, 15) is 9.59 Å². The average Bonchev–Trinajstić information content (AvgIpc) is 2.53. The minimum absolute atomic E-state index is 0.0136. The highest BCUT2D eigenvalue weighted by Gasteiger charge is 2.41. The zero-order valence-corrected chi connectivity index (χ0v) is 14.1. The van der Waals surface area contributed by atoms with Crippen molar-refractivity contribution in [2.24, 2.45) is 5.41 Å². The summed E-state index contributed by atoms with van der Waals surface area (Å²) in [5.41, 5.74) is 1.67. The van der Waals surface area contributed by atoms with Crippen LogP contribution in [0.15, 0.2) is 12.4 Å². The number of rotatable bonds is 4. The normalized spacial score (nSPS) is 25.2. The number of amides is 1. The van der Waals surface area contributed by atoms with E-state index in [0.717, 1.165) is 43.7 Å². The van der Waals surface area contributed by atoms with Crippen LogP contribution in [-0.2, 0) is 16.1 Å². The molecule has 1 N–H and O–H groups in total. The first-order valence-electron chi connectivity index (χ1n) is 8.45. The minimum Gasteiger partial charge on any atom is -0.480 e. The van der Waals surface area contributed by atoms with E-state index in [1.807, 2.05) is 16.7 Å². The molecule has 7 heteroatoms. The highest BCUT2D eigenvalue weighted by molar-refractivity contribution is 5.77. The predicted octanol–water partition coefficient (Wildman–Crippen LogP) is 1.07. The van der Waals surface area contributed by atoms with E-state index in [4.69, 9.17) is 5.11 Å². The van der Waals surface area contributed by atoms with E-state index in [0.29, 0.717) is 19.5 Å². The van der Waals surface area contributed by atoms with Gasteiger partial charge in [0, 0.05) is 31.1 Å². The fourth-order valence-electron chi connectivity index (χ4n) is 3.91. The fourth-order valence-corrected chi connectivity index (χ4v) is 3.91. The van der Waals surface area contributed by atoms with Crippen LogP contribution < -0.4 is 0 Å². The maximum Gasteiger partial charge on any atom is 0.317 e. The molecule has 1 aromatic rings. The molecule has 3 heterocycles. The van der Waals surface area contributed by atoms with Gasteiger partial charge in [-0.05, 0) is 32.7 Å². The standard InChI is InChI=1S/C17H24N4O3/c1-13-7-19-14(8-18-13)9-21-12-17(5-3-15(21)22)4-2-6-20(11-17)10-16(23)24/h7-8H,2-6,9-12H2,1H3,(H,23,24). The zero-order valence-electron chi connectivity index (χ0n) is 14.1. The summed E-state index contributed by atoms with van der Waals surface area (Å²) >= 11 is 0. The Morgan fingerprint density at radius 1 is 1.29 bits per heavy atom. The first kappa shape index (κ1) is 16.8. The van der Waals surface area contributed by atoms with Crippen molar-refractivity contribution < 1.29 is 14.7 Å². The molecule has 0 bridgehead atoms. The van der Waals surface area contributed by atoms with Crippen molar-refractivity contribution in [3.05, 3.63) is 23.8 Å². The molecule has 2 fully saturated rings. The number of nitrogens with zero attached hydrogens (tertiary/aromatic N) is 4. The van der Waals surface area contributed by atoms with Gasteiger partial charge in [-0.15, -0.1) is 0 Å². The Balaban J connectivity index is 1.69. The minimum atomic E-state index is -0.786. The number of piperidine rings is 2. The third-order valence-electron chi connectivity index (χ3n) is 5.03. The lowest BCUT2D eigenvalue weighted by atomic mass is 9.73. The van der Waals surface area contributed by atoms with Gasteiger partial charge in [0.05, 0.1) is 30.7 Å². The van der Waals surface area contributed by atoms with E-state index < -0.39 is 5.97 Å². The van der Waals surface area contributed by atoms with Crippen LogP contribution in [0.3, 0.4) is 0 Å². The number of aryl methyl sites for hydroxylation is 1. The van der Waals surface area contributed by atoms with Gasteiger partial charge in [0.2, 0.25) is 5.91 Å². The molecule has 1 unspecified atom stereocenters. The lowest BCUT2D eigenvalue weighted by Crippen LogP contribution is -2.54. The van der Waals surface area contributed by atoms with E-state index in [-0.39, 0.29) is 17.9 Å². The Labute approximate surface area is 141 Å². The van der Waals surface area contributed by atoms with Gasteiger partial charge in [0.1, 0.15) is 0 Å². The second-order valence-electron chi connectivity index (χ2n) is 7.11. The Hall–Kier alpha value is -2.02. The maximum absolute atomic E-state index is 12.3. The second-order valence-corrected chi connectivity index (χ2v) is 7.11. The Morgan fingerprint density at radius 3 is 2.83 bits per heavy atom. The van der Waals surface area contributed by atoms with Crippen LogP contribution in [0.5, 0.6) is 0 Å². The van der Waals surface area contributed by atoms with Crippen molar-refractivity contribution in [2.75, 3.05) is 26.2 Å². The predicted molar refractivity (Wildman–Crippen MR) is 87.2 cm³/mol. The van der Waals surface area contributed by atoms with E-state index in [1.54, 1.807) is 12.4 Å². The fraction of sp³-hybridized carbons (Fsp3) is 0.647. The summed E-state index contributed by atoms with van der Waals surface area (Å²) < 4.78 is 0. The van der Waals surface area contributed by atoms with Crippen molar-refractivity contribution in [3.63, 3.8) is 0 Å². The third kappa shape index (κ3) is 3.90. The monoisotopic (exact) mass is 332 g/mol. The summed E-state index contributed by atoms with van der Waals surface area (Å²) in [6.45, 7) is 4.70. The van der Waals surface area contributed by atoms with Gasteiger partial charge in [0.15, 0.2) is 0 Å². The molecule has 3 rings (SSSR count). The molecule has 2 saturated heterocycles. The van der Waals surface area contributed by atoms with Crippen molar-refractivity contribution in [1.82, 2.24) is 19.8 Å². The van der Waals surface area contributed by atoms with E-state index >= 15 is 0 Å². The Morgan fingerprint density at radius 2 is 2.12 bits per heavy atom. The molecular weight excluding hydrogens is 308 g/mol. The van der Waals surface area contributed by atoms with Crippen molar-refractivity contribution in [1.29, 1.82) is 0 Å². The van der Waals surface area contributed by atoms with Crippen molar-refractivity contribution >= 4 is 11.9 Å². The number of carboxylic acid groups (broad SMARTS) is 1. The van der Waals surface area contributed by atoms with Gasteiger partial charge in [-0.3, -0.25) is 24.5 Å². The SMILES string of the molecule is Cc1cnc(CN2CC3(CCCN(CC(=O)O)C3)CCC2=O)cn1. The number of hydrogen-bond donors (Lipinski definition) is 1. The van der Waals surface area contributed by atoms with Gasteiger partial charge in [-0.1, -0.05) is 0 Å². The molecule has 1 amide bonds. The number of carbonyl (C=O) groups is 2. The quantitative estimate of drug-likeness (QED) is 0.888. The summed E-state index contributed by atoms with van der Waals surface area (Å²) in [4.78, 5) is 35.8. The average molecular weight is 332 g/mol. The van der Waals surface area contributed by atoms with E-state index in [1.165, 1.54) is 0 Å². The molecule has 2 aliphatic heterocycles. The van der Waals surface area contributed by atoms with Crippen LogP contribution in [0.2, 0.25) is 0 Å². The van der Waals surface area contributed by atoms with Crippen LogP contribution in [0.25, 0.3) is 0 Å². The topological polar surface area (TPSA) is 86.6 Å². The number of carbonyl (C=O) groups excluding carboxylic acids is 1. The van der Waals surface area contributed by atoms with Crippen LogP contribution >= 0.6 is 0 Å². The van der Waals surface area contributed by atoms with Crippen LogP contribution in [0, 0.1) is 12.3 Å². The second kappa shape index (κ2) is 6.84. The van der Waals surface area contributed by atoms with Gasteiger partial charge >= 0.3 is 5.97 Å². The van der Waals surface area contributed by atoms with Crippen LogP contribution in [0.1, 0.15) is 37.1 Å². The van der Waals surface area contributed by atoms with Gasteiger partial charge in [-0.25, -0.2) is 0 Å². The molecule has 24 heavy (non-hydrogen) atoms. The molecule has 0 aromatic carbocycles. The molecule has 0 aliphatic carbocycles. The molecule has 7 nitrogen and oxygen atoms in total. The Bertz CT molecular complexity index is 619. The van der Waals surface area contributed by atoms with E-state index in [2.05, 4.69) is 9.97 Å². The van der Waals surface area contributed by atoms with Gasteiger partial charge in [0.25, 0.3) is 0 Å². The lowest BCUT2D eigenvalue weighted by Gasteiger charge is -2.48. The van der Waals surface area contributed by atoms with Crippen molar-refractivity contribution in [2.45, 2.75) is 39.2 Å².